The summed E-state index contributed by atoms with van der Waals surface area (Å²) in [7, 11) is 0. The Morgan fingerprint density at radius 1 is 1.19 bits per heavy atom. The molecule has 0 aliphatic rings. The van der Waals surface area contributed by atoms with E-state index in [9.17, 15) is 23.7 Å². The second kappa shape index (κ2) is 5.96. The number of nitrogens with one attached hydrogen (secondary N) is 1. The van der Waals surface area contributed by atoms with Gasteiger partial charge in [-0.05, 0) is 30.3 Å². The van der Waals surface area contributed by atoms with E-state index >= 15 is 0 Å². The van der Waals surface area contributed by atoms with Gasteiger partial charge in [-0.1, -0.05) is 15.9 Å². The van der Waals surface area contributed by atoms with Gasteiger partial charge < -0.3 is 5.32 Å². The van der Waals surface area contributed by atoms with E-state index < -0.39 is 33.7 Å². The van der Waals surface area contributed by atoms with Gasteiger partial charge in [-0.15, -0.1) is 0 Å². The summed E-state index contributed by atoms with van der Waals surface area (Å²) >= 11 is 3.06. The Bertz CT molecular complexity index is 737. The SMILES string of the molecule is O=C(Nc1ccc(Br)cc1F)c1cc(F)ccc1[N+](=O)[O-]. The third-order valence-electron chi connectivity index (χ3n) is 2.58. The van der Waals surface area contributed by atoms with Crippen LogP contribution < -0.4 is 5.32 Å². The summed E-state index contributed by atoms with van der Waals surface area (Å²) in [4.78, 5) is 22.0. The summed E-state index contributed by atoms with van der Waals surface area (Å²) in [6, 6.07) is 6.36. The first-order valence-corrected chi connectivity index (χ1v) is 6.38. The zero-order valence-corrected chi connectivity index (χ0v) is 11.9. The summed E-state index contributed by atoms with van der Waals surface area (Å²) in [5.41, 5.74) is -1.21. The Morgan fingerprint density at radius 2 is 1.90 bits per heavy atom. The van der Waals surface area contributed by atoms with Crippen LogP contribution in [0.1, 0.15) is 10.4 Å². The first-order valence-electron chi connectivity index (χ1n) is 5.59. The zero-order valence-electron chi connectivity index (χ0n) is 10.3. The number of carbonyl (C=O) groups excluding carboxylic acids is 1. The number of nitro benzene ring substituents is 1. The molecule has 2 rings (SSSR count). The van der Waals surface area contributed by atoms with Crippen molar-refractivity contribution in [3.8, 4) is 0 Å². The molecule has 0 aromatic heterocycles. The summed E-state index contributed by atoms with van der Waals surface area (Å²) < 4.78 is 27.2. The van der Waals surface area contributed by atoms with Crippen LogP contribution in [0.3, 0.4) is 0 Å². The van der Waals surface area contributed by atoms with E-state index in [2.05, 4.69) is 21.2 Å². The van der Waals surface area contributed by atoms with Crippen molar-refractivity contribution in [2.24, 2.45) is 0 Å². The number of amides is 1. The van der Waals surface area contributed by atoms with Crippen LogP contribution in [0.2, 0.25) is 0 Å². The summed E-state index contributed by atoms with van der Waals surface area (Å²) in [6.45, 7) is 0. The smallest absolute Gasteiger partial charge is 0.282 e. The number of anilines is 1. The maximum absolute atomic E-state index is 13.6. The van der Waals surface area contributed by atoms with E-state index in [0.29, 0.717) is 4.47 Å². The van der Waals surface area contributed by atoms with Gasteiger partial charge in [0.25, 0.3) is 11.6 Å². The van der Waals surface area contributed by atoms with Crippen LogP contribution in [0.5, 0.6) is 0 Å². The Morgan fingerprint density at radius 3 is 2.52 bits per heavy atom. The lowest BCUT2D eigenvalue weighted by molar-refractivity contribution is -0.385. The van der Waals surface area contributed by atoms with Crippen molar-refractivity contribution in [1.29, 1.82) is 0 Å². The fourth-order valence-electron chi connectivity index (χ4n) is 1.63. The van der Waals surface area contributed by atoms with Crippen LogP contribution in [0.25, 0.3) is 0 Å². The summed E-state index contributed by atoms with van der Waals surface area (Å²) in [5.74, 6) is -2.50. The molecule has 0 fully saturated rings. The Hall–Kier alpha value is -2.35. The minimum atomic E-state index is -0.970. The summed E-state index contributed by atoms with van der Waals surface area (Å²) in [6.07, 6.45) is 0. The minimum Gasteiger partial charge on any atom is -0.319 e. The van der Waals surface area contributed by atoms with E-state index in [1.54, 1.807) is 0 Å². The quantitative estimate of drug-likeness (QED) is 0.669. The molecule has 0 aliphatic heterocycles. The van der Waals surface area contributed by atoms with E-state index in [1.165, 1.54) is 12.1 Å². The molecule has 0 spiro atoms. The first kappa shape index (κ1) is 15.0. The lowest BCUT2D eigenvalue weighted by atomic mass is 10.1. The van der Waals surface area contributed by atoms with Gasteiger partial charge in [-0.3, -0.25) is 14.9 Å². The molecular formula is C13H7BrF2N2O3. The predicted octanol–water partition coefficient (Wildman–Crippen LogP) is 3.89. The molecule has 0 saturated heterocycles. The molecule has 21 heavy (non-hydrogen) atoms. The van der Waals surface area contributed by atoms with Crippen LogP contribution >= 0.6 is 15.9 Å². The maximum atomic E-state index is 13.6. The molecule has 1 amide bonds. The predicted molar refractivity (Wildman–Crippen MR) is 75.1 cm³/mol. The van der Waals surface area contributed by atoms with E-state index in [0.717, 1.165) is 24.3 Å². The number of carbonyl (C=O) groups is 1. The molecule has 5 nitrogen and oxygen atoms in total. The largest absolute Gasteiger partial charge is 0.319 e. The number of benzene rings is 2. The van der Waals surface area contributed by atoms with Gasteiger partial charge in [-0.2, -0.15) is 0 Å². The molecule has 0 saturated carbocycles. The molecule has 2 aromatic rings. The van der Waals surface area contributed by atoms with Crippen LogP contribution in [0.15, 0.2) is 40.9 Å². The number of halogens is 3. The highest BCUT2D eigenvalue weighted by atomic mass is 79.9. The average molecular weight is 357 g/mol. The highest BCUT2D eigenvalue weighted by Gasteiger charge is 2.21. The van der Waals surface area contributed by atoms with Gasteiger partial charge in [0, 0.05) is 10.5 Å². The summed E-state index contributed by atoms with van der Waals surface area (Å²) in [5, 5.41) is 13.0. The van der Waals surface area contributed by atoms with Gasteiger partial charge >= 0.3 is 0 Å². The average Bonchev–Trinajstić information content (AvgIpc) is 2.41. The van der Waals surface area contributed by atoms with Crippen molar-refractivity contribution in [2.75, 3.05) is 5.32 Å². The fraction of sp³-hybridized carbons (Fsp3) is 0. The monoisotopic (exact) mass is 356 g/mol. The molecule has 0 heterocycles. The molecule has 108 valence electrons. The van der Waals surface area contributed by atoms with Crippen LogP contribution in [0.4, 0.5) is 20.2 Å². The molecule has 2 aromatic carbocycles. The molecule has 0 aliphatic carbocycles. The Balaban J connectivity index is 2.36. The number of nitro groups is 1. The third-order valence-corrected chi connectivity index (χ3v) is 3.07. The molecular weight excluding hydrogens is 350 g/mol. The molecule has 0 bridgehead atoms. The van der Waals surface area contributed by atoms with Crippen LogP contribution in [-0.4, -0.2) is 10.8 Å². The van der Waals surface area contributed by atoms with Gasteiger partial charge in [0.05, 0.1) is 10.6 Å². The van der Waals surface area contributed by atoms with Crippen LogP contribution in [0, 0.1) is 21.7 Å². The lowest BCUT2D eigenvalue weighted by Gasteiger charge is -2.07. The molecule has 8 heteroatoms. The van der Waals surface area contributed by atoms with E-state index in [1.807, 2.05) is 0 Å². The first-order chi connectivity index (χ1) is 9.88. The van der Waals surface area contributed by atoms with Crippen molar-refractivity contribution in [2.45, 2.75) is 0 Å². The minimum absolute atomic E-state index is 0.165. The van der Waals surface area contributed by atoms with Gasteiger partial charge in [0.15, 0.2) is 0 Å². The highest BCUT2D eigenvalue weighted by Crippen LogP contribution is 2.23. The third kappa shape index (κ3) is 3.40. The topological polar surface area (TPSA) is 72.2 Å². The highest BCUT2D eigenvalue weighted by molar-refractivity contribution is 9.10. The van der Waals surface area contributed by atoms with Crippen molar-refractivity contribution < 1.29 is 18.5 Å². The number of nitrogens with zero attached hydrogens (tertiary/aromatic N) is 1. The van der Waals surface area contributed by atoms with Crippen molar-refractivity contribution >= 4 is 33.2 Å². The molecule has 0 atom stereocenters. The fourth-order valence-corrected chi connectivity index (χ4v) is 1.96. The standard InChI is InChI=1S/C13H7BrF2N2O3/c14-7-1-3-11(10(16)5-7)17-13(19)9-6-8(15)2-4-12(9)18(20)21/h1-6H,(H,17,19). The number of rotatable bonds is 3. The van der Waals surface area contributed by atoms with Crippen molar-refractivity contribution in [3.05, 3.63) is 68.2 Å². The Kier molecular flexibility index (Phi) is 4.27. The van der Waals surface area contributed by atoms with Gasteiger partial charge in [0.2, 0.25) is 0 Å². The second-order valence-electron chi connectivity index (χ2n) is 4.00. The van der Waals surface area contributed by atoms with Gasteiger partial charge in [-0.25, -0.2) is 8.78 Å². The zero-order chi connectivity index (χ0) is 15.6. The van der Waals surface area contributed by atoms with Crippen molar-refractivity contribution in [3.63, 3.8) is 0 Å². The number of hydrogen-bond donors (Lipinski definition) is 1. The molecule has 0 radical (unpaired) electrons. The van der Waals surface area contributed by atoms with Crippen molar-refractivity contribution in [1.82, 2.24) is 0 Å². The van der Waals surface area contributed by atoms with E-state index in [4.69, 9.17) is 0 Å². The molecule has 0 unspecified atom stereocenters. The van der Waals surface area contributed by atoms with Crippen LogP contribution in [-0.2, 0) is 0 Å². The molecule has 1 N–H and O–H groups in total. The Labute approximate surface area is 125 Å². The second-order valence-corrected chi connectivity index (χ2v) is 4.91. The number of hydrogen-bond acceptors (Lipinski definition) is 3. The van der Waals surface area contributed by atoms with E-state index in [-0.39, 0.29) is 5.69 Å². The lowest BCUT2D eigenvalue weighted by Crippen LogP contribution is -2.15. The normalized spacial score (nSPS) is 10.2. The maximum Gasteiger partial charge on any atom is 0.282 e. The van der Waals surface area contributed by atoms with Gasteiger partial charge in [0.1, 0.15) is 17.2 Å².